The van der Waals surface area contributed by atoms with E-state index >= 15 is 0 Å². The Morgan fingerprint density at radius 2 is 1.84 bits per heavy atom. The quantitative estimate of drug-likeness (QED) is 0.673. The van der Waals surface area contributed by atoms with Crippen molar-refractivity contribution in [1.82, 2.24) is 0 Å². The largest absolute Gasteiger partial charge is 0.473 e. The predicted molar refractivity (Wildman–Crippen MR) is 120 cm³/mol. The number of hydrogen-bond donors (Lipinski definition) is 1. The summed E-state index contributed by atoms with van der Waals surface area (Å²) < 4.78 is 33.2. The van der Waals surface area contributed by atoms with Crippen molar-refractivity contribution in [3.63, 3.8) is 0 Å². The number of carbonyl (C=O) groups excluding carboxylic acids is 1. The van der Waals surface area contributed by atoms with Crippen LogP contribution in [-0.4, -0.2) is 25.8 Å². The van der Waals surface area contributed by atoms with Crippen LogP contribution in [0.4, 0.5) is 5.69 Å². The number of amides is 1. The smallest absolute Gasteiger partial charge is 0.342 e. The molecule has 162 valence electrons. The Labute approximate surface area is 186 Å². The highest BCUT2D eigenvalue weighted by Crippen LogP contribution is 2.60. The molecule has 0 bridgehead atoms. The first-order valence-electron chi connectivity index (χ1n) is 10.5. The minimum atomic E-state index is -4.05. The number of anilines is 1. The fraction of sp³-hybridized carbons (Fsp3) is 0.391. The van der Waals surface area contributed by atoms with Crippen LogP contribution < -0.4 is 5.32 Å². The summed E-state index contributed by atoms with van der Waals surface area (Å²) in [6, 6.07) is 15.1. The van der Waals surface area contributed by atoms with Crippen molar-refractivity contribution >= 4 is 37.4 Å². The molecular weight excluding hydrogens is 436 g/mol. The molecule has 2 aromatic rings. The molecule has 2 atom stereocenters. The molecule has 8 heteroatoms. The first-order valence-corrected chi connectivity index (χ1v) is 12.8. The van der Waals surface area contributed by atoms with E-state index in [1.54, 1.807) is 12.1 Å². The highest BCUT2D eigenvalue weighted by molar-refractivity contribution is 8.12. The molecule has 1 saturated heterocycles. The van der Waals surface area contributed by atoms with Crippen LogP contribution in [0.5, 0.6) is 0 Å². The summed E-state index contributed by atoms with van der Waals surface area (Å²) in [6.07, 6.45) is 5.87. The fourth-order valence-electron chi connectivity index (χ4n) is 5.73. The number of halogens is 1. The molecule has 2 aromatic carbocycles. The van der Waals surface area contributed by atoms with Gasteiger partial charge in [0.05, 0.1) is 0 Å². The van der Waals surface area contributed by atoms with Crippen LogP contribution in [0.3, 0.4) is 0 Å². The summed E-state index contributed by atoms with van der Waals surface area (Å²) in [4.78, 5) is 12.7. The van der Waals surface area contributed by atoms with Crippen LogP contribution in [0.25, 0.3) is 0 Å². The molecule has 1 amide bonds. The number of nitrogens with zero attached hydrogens (tertiary/aromatic N) is 1. The van der Waals surface area contributed by atoms with Crippen molar-refractivity contribution in [1.29, 1.82) is 0 Å². The van der Waals surface area contributed by atoms with E-state index in [1.165, 1.54) is 5.56 Å². The van der Waals surface area contributed by atoms with Crippen LogP contribution in [-0.2, 0) is 25.8 Å². The van der Waals surface area contributed by atoms with Gasteiger partial charge >= 0.3 is 9.24 Å². The van der Waals surface area contributed by atoms with E-state index in [2.05, 4.69) is 15.8 Å². The zero-order valence-electron chi connectivity index (χ0n) is 16.9. The molecule has 0 radical (unpaired) electrons. The molecule has 1 aliphatic heterocycles. The monoisotopic (exact) mass is 458 g/mol. The van der Waals surface area contributed by atoms with Gasteiger partial charge in [0.15, 0.2) is 0 Å². The van der Waals surface area contributed by atoms with Gasteiger partial charge in [0.2, 0.25) is 5.90 Å². The highest BCUT2D eigenvalue weighted by atomic mass is 35.7. The summed E-state index contributed by atoms with van der Waals surface area (Å²) in [5.74, 6) is 0.0328. The van der Waals surface area contributed by atoms with E-state index in [0.717, 1.165) is 49.8 Å². The SMILES string of the molecule is O=C(Nc1ccc2c(c1)C13CCCCC1(CC2)OC(=NS(=O)(=O)Cl)C3)c1ccccc1. The van der Waals surface area contributed by atoms with Gasteiger partial charge in [-0.25, -0.2) is 0 Å². The van der Waals surface area contributed by atoms with E-state index in [-0.39, 0.29) is 17.2 Å². The van der Waals surface area contributed by atoms with E-state index in [0.29, 0.717) is 12.0 Å². The lowest BCUT2D eigenvalue weighted by molar-refractivity contribution is -0.0324. The summed E-state index contributed by atoms with van der Waals surface area (Å²) in [5, 5.41) is 3.00. The van der Waals surface area contributed by atoms with Gasteiger partial charge in [-0.2, -0.15) is 8.42 Å². The molecule has 2 unspecified atom stereocenters. The van der Waals surface area contributed by atoms with Gasteiger partial charge in [0, 0.05) is 33.8 Å². The number of aryl methyl sites for hydroxylation is 1. The minimum Gasteiger partial charge on any atom is -0.473 e. The van der Waals surface area contributed by atoms with Crippen molar-refractivity contribution in [3.8, 4) is 0 Å². The third-order valence-electron chi connectivity index (χ3n) is 7.00. The maximum Gasteiger partial charge on any atom is 0.342 e. The van der Waals surface area contributed by atoms with Crippen molar-refractivity contribution < 1.29 is 17.9 Å². The van der Waals surface area contributed by atoms with E-state index in [1.807, 2.05) is 30.3 Å². The zero-order valence-corrected chi connectivity index (χ0v) is 18.5. The highest BCUT2D eigenvalue weighted by Gasteiger charge is 2.63. The molecule has 5 rings (SSSR count). The Hall–Kier alpha value is -2.38. The zero-order chi connectivity index (χ0) is 21.7. The Balaban J connectivity index is 1.55. The van der Waals surface area contributed by atoms with Crippen molar-refractivity contribution in [2.45, 2.75) is 56.0 Å². The van der Waals surface area contributed by atoms with E-state index < -0.39 is 14.8 Å². The summed E-state index contributed by atoms with van der Waals surface area (Å²) in [5.41, 5.74) is 2.83. The molecule has 31 heavy (non-hydrogen) atoms. The number of benzene rings is 2. The third kappa shape index (κ3) is 3.53. The number of ether oxygens (including phenoxy) is 1. The van der Waals surface area contributed by atoms with Crippen molar-refractivity contribution in [2.24, 2.45) is 4.40 Å². The van der Waals surface area contributed by atoms with Crippen LogP contribution in [0.1, 0.15) is 60.0 Å². The lowest BCUT2D eigenvalue weighted by atomic mass is 9.54. The van der Waals surface area contributed by atoms with E-state index in [9.17, 15) is 13.2 Å². The van der Waals surface area contributed by atoms with Gasteiger partial charge in [0.1, 0.15) is 5.60 Å². The lowest BCUT2D eigenvalue weighted by Crippen LogP contribution is -2.53. The van der Waals surface area contributed by atoms with Gasteiger partial charge < -0.3 is 10.1 Å². The van der Waals surface area contributed by atoms with Crippen LogP contribution >= 0.6 is 10.7 Å². The van der Waals surface area contributed by atoms with Gasteiger partial charge in [0.25, 0.3) is 5.91 Å². The molecular formula is C23H23ClN2O4S. The molecule has 3 aliphatic rings. The molecule has 6 nitrogen and oxygen atoms in total. The average Bonchev–Trinajstić information content (AvgIpc) is 3.07. The number of rotatable bonds is 3. The maximum absolute atomic E-state index is 12.7. The molecule has 1 heterocycles. The molecule has 2 aliphatic carbocycles. The molecule has 1 saturated carbocycles. The second-order valence-corrected chi connectivity index (χ2v) is 10.8. The fourth-order valence-corrected chi connectivity index (χ4v) is 6.31. The summed E-state index contributed by atoms with van der Waals surface area (Å²) in [7, 11) is 1.35. The van der Waals surface area contributed by atoms with E-state index in [4.69, 9.17) is 15.4 Å². The van der Waals surface area contributed by atoms with Gasteiger partial charge in [-0.05, 0) is 67.5 Å². The van der Waals surface area contributed by atoms with Crippen LogP contribution in [0.2, 0.25) is 0 Å². The summed E-state index contributed by atoms with van der Waals surface area (Å²) >= 11 is 0. The normalized spacial score (nSPS) is 28.2. The van der Waals surface area contributed by atoms with Crippen LogP contribution in [0.15, 0.2) is 52.9 Å². The summed E-state index contributed by atoms with van der Waals surface area (Å²) in [6.45, 7) is 0. The van der Waals surface area contributed by atoms with Gasteiger partial charge in [-0.1, -0.05) is 30.7 Å². The molecule has 0 spiro atoms. The molecule has 2 fully saturated rings. The number of hydrogen-bond acceptors (Lipinski definition) is 4. The number of fused-ring (bicyclic) bond motifs is 1. The molecule has 0 aromatic heterocycles. The van der Waals surface area contributed by atoms with Gasteiger partial charge in [-0.15, -0.1) is 4.40 Å². The Kier molecular flexibility index (Phi) is 4.86. The predicted octanol–water partition coefficient (Wildman–Crippen LogP) is 4.74. The third-order valence-corrected chi connectivity index (χ3v) is 7.63. The Morgan fingerprint density at radius 3 is 2.61 bits per heavy atom. The lowest BCUT2D eigenvalue weighted by Gasteiger charge is -2.51. The first-order chi connectivity index (χ1) is 14.8. The number of carbonyl (C=O) groups is 1. The maximum atomic E-state index is 12.7. The minimum absolute atomic E-state index is 0.165. The van der Waals surface area contributed by atoms with Crippen LogP contribution in [0, 0.1) is 0 Å². The van der Waals surface area contributed by atoms with Crippen molar-refractivity contribution in [2.75, 3.05) is 5.32 Å². The Morgan fingerprint density at radius 1 is 1.06 bits per heavy atom. The van der Waals surface area contributed by atoms with Crippen molar-refractivity contribution in [3.05, 3.63) is 65.2 Å². The Bertz CT molecular complexity index is 1180. The number of nitrogens with one attached hydrogen (secondary N) is 1. The first kappa shape index (κ1) is 20.5. The average molecular weight is 459 g/mol. The standard InChI is InChI=1S/C23H23ClN2O4S/c24-31(28,29)26-20-15-22-11-4-5-12-23(22,30-20)13-10-16-8-9-18(14-19(16)22)25-21(27)17-6-2-1-3-7-17/h1-3,6-9,14H,4-5,10-13,15H2,(H,25,27). The molecule has 1 N–H and O–H groups in total. The second kappa shape index (κ2) is 7.35. The van der Waals surface area contributed by atoms with Gasteiger partial charge in [-0.3, -0.25) is 4.79 Å². The topological polar surface area (TPSA) is 84.8 Å². The second-order valence-electron chi connectivity index (χ2n) is 8.65.